The second-order valence-electron chi connectivity index (χ2n) is 6.41. The van der Waals surface area contributed by atoms with Crippen molar-refractivity contribution in [2.75, 3.05) is 5.32 Å². The standard InChI is InChI=1S/C19H21N5O3/c1-11-16(12(2)23(4)22-11)9-18(25)21-14-6-5-7-15(8-14)24-13(3)17(10-20-24)19(26)27/h5-8,10H,9H2,1-4H3,(H,21,25)(H,26,27). The van der Waals surface area contributed by atoms with Gasteiger partial charge in [-0.2, -0.15) is 10.2 Å². The molecule has 2 N–H and O–H groups in total. The van der Waals surface area contributed by atoms with Crippen LogP contribution >= 0.6 is 0 Å². The van der Waals surface area contributed by atoms with E-state index < -0.39 is 5.97 Å². The third kappa shape index (κ3) is 3.59. The molecule has 1 amide bonds. The van der Waals surface area contributed by atoms with Gasteiger partial charge in [0.2, 0.25) is 5.91 Å². The number of benzene rings is 1. The van der Waals surface area contributed by atoms with E-state index in [2.05, 4.69) is 15.5 Å². The predicted octanol–water partition coefficient (Wildman–Crippen LogP) is 2.41. The summed E-state index contributed by atoms with van der Waals surface area (Å²) >= 11 is 0. The molecule has 140 valence electrons. The molecule has 0 saturated carbocycles. The molecule has 0 radical (unpaired) electrons. The summed E-state index contributed by atoms with van der Waals surface area (Å²) in [5.74, 6) is -1.17. The maximum Gasteiger partial charge on any atom is 0.339 e. The zero-order valence-electron chi connectivity index (χ0n) is 15.6. The molecule has 0 fully saturated rings. The highest BCUT2D eigenvalue weighted by atomic mass is 16.4. The summed E-state index contributed by atoms with van der Waals surface area (Å²) in [6.07, 6.45) is 1.55. The summed E-state index contributed by atoms with van der Waals surface area (Å²) in [6.45, 7) is 5.51. The van der Waals surface area contributed by atoms with E-state index in [4.69, 9.17) is 5.11 Å². The SMILES string of the molecule is Cc1nn(C)c(C)c1CC(=O)Nc1cccc(-n2ncc(C(=O)O)c2C)c1. The molecule has 0 spiro atoms. The smallest absolute Gasteiger partial charge is 0.339 e. The lowest BCUT2D eigenvalue weighted by Gasteiger charge is -2.09. The fourth-order valence-electron chi connectivity index (χ4n) is 3.03. The molecular weight excluding hydrogens is 346 g/mol. The average Bonchev–Trinajstić information content (AvgIpc) is 3.10. The van der Waals surface area contributed by atoms with Crippen molar-refractivity contribution in [1.82, 2.24) is 19.6 Å². The van der Waals surface area contributed by atoms with Gasteiger partial charge in [-0.05, 0) is 39.0 Å². The number of nitrogens with one attached hydrogen (secondary N) is 1. The van der Waals surface area contributed by atoms with Crippen LogP contribution in [0, 0.1) is 20.8 Å². The first-order valence-electron chi connectivity index (χ1n) is 8.45. The van der Waals surface area contributed by atoms with Crippen LogP contribution in [0.2, 0.25) is 0 Å². The first kappa shape index (κ1) is 18.4. The Morgan fingerprint density at radius 3 is 2.52 bits per heavy atom. The molecule has 0 bridgehead atoms. The summed E-state index contributed by atoms with van der Waals surface area (Å²) in [7, 11) is 1.85. The van der Waals surface area contributed by atoms with E-state index >= 15 is 0 Å². The second kappa shape index (κ2) is 7.06. The number of aromatic nitrogens is 4. The van der Waals surface area contributed by atoms with Crippen LogP contribution in [0.15, 0.2) is 30.5 Å². The fourth-order valence-corrected chi connectivity index (χ4v) is 3.03. The van der Waals surface area contributed by atoms with Crippen LogP contribution in [-0.2, 0) is 18.3 Å². The van der Waals surface area contributed by atoms with Gasteiger partial charge in [0.1, 0.15) is 5.56 Å². The Balaban J connectivity index is 1.80. The molecule has 8 heteroatoms. The topological polar surface area (TPSA) is 102 Å². The zero-order chi connectivity index (χ0) is 19.7. The highest BCUT2D eigenvalue weighted by Crippen LogP contribution is 2.19. The summed E-state index contributed by atoms with van der Waals surface area (Å²) in [5.41, 5.74) is 4.67. The number of hydrogen-bond acceptors (Lipinski definition) is 4. The number of anilines is 1. The quantitative estimate of drug-likeness (QED) is 0.721. The van der Waals surface area contributed by atoms with Crippen LogP contribution in [0.3, 0.4) is 0 Å². The lowest BCUT2D eigenvalue weighted by molar-refractivity contribution is -0.115. The van der Waals surface area contributed by atoms with Gasteiger partial charge in [-0.1, -0.05) is 6.07 Å². The Hall–Kier alpha value is -3.42. The summed E-state index contributed by atoms with van der Waals surface area (Å²) in [6, 6.07) is 7.12. The van der Waals surface area contributed by atoms with Crippen molar-refractivity contribution in [3.63, 3.8) is 0 Å². The first-order chi connectivity index (χ1) is 12.8. The van der Waals surface area contributed by atoms with Crippen LogP contribution < -0.4 is 5.32 Å². The molecule has 0 saturated heterocycles. The van der Waals surface area contributed by atoms with Gasteiger partial charge in [0.15, 0.2) is 0 Å². The van der Waals surface area contributed by atoms with Crippen molar-refractivity contribution in [1.29, 1.82) is 0 Å². The third-order valence-corrected chi connectivity index (χ3v) is 4.61. The van der Waals surface area contributed by atoms with Crippen LogP contribution in [0.1, 0.15) is 33.0 Å². The van der Waals surface area contributed by atoms with E-state index in [0.717, 1.165) is 17.0 Å². The monoisotopic (exact) mass is 367 g/mol. The van der Waals surface area contributed by atoms with Crippen LogP contribution in [-0.4, -0.2) is 36.5 Å². The molecule has 0 aliphatic rings. The molecular formula is C19H21N5O3. The maximum atomic E-state index is 12.5. The van der Waals surface area contributed by atoms with Crippen molar-refractivity contribution in [2.45, 2.75) is 27.2 Å². The van der Waals surface area contributed by atoms with Crippen molar-refractivity contribution in [3.8, 4) is 5.69 Å². The molecule has 0 aliphatic heterocycles. The van der Waals surface area contributed by atoms with E-state index in [9.17, 15) is 9.59 Å². The number of aryl methyl sites for hydroxylation is 2. The van der Waals surface area contributed by atoms with E-state index in [-0.39, 0.29) is 17.9 Å². The van der Waals surface area contributed by atoms with Gasteiger partial charge < -0.3 is 10.4 Å². The van der Waals surface area contributed by atoms with Crippen LogP contribution in [0.4, 0.5) is 5.69 Å². The van der Waals surface area contributed by atoms with Gasteiger partial charge in [0.25, 0.3) is 0 Å². The molecule has 1 aromatic carbocycles. The molecule has 0 aliphatic carbocycles. The fraction of sp³-hybridized carbons (Fsp3) is 0.263. The number of carbonyl (C=O) groups is 2. The molecule has 3 aromatic rings. The minimum atomic E-state index is -1.02. The van der Waals surface area contributed by atoms with Gasteiger partial charge in [0, 0.05) is 24.0 Å². The normalized spacial score (nSPS) is 10.8. The molecule has 2 aromatic heterocycles. The van der Waals surface area contributed by atoms with Gasteiger partial charge in [-0.15, -0.1) is 0 Å². The second-order valence-corrected chi connectivity index (χ2v) is 6.41. The Morgan fingerprint density at radius 2 is 1.93 bits per heavy atom. The summed E-state index contributed by atoms with van der Waals surface area (Å²) in [4.78, 5) is 23.6. The summed E-state index contributed by atoms with van der Waals surface area (Å²) < 4.78 is 3.30. The molecule has 0 atom stereocenters. The maximum absolute atomic E-state index is 12.5. The Kier molecular flexibility index (Phi) is 4.81. The summed E-state index contributed by atoms with van der Waals surface area (Å²) in [5, 5.41) is 20.5. The molecule has 27 heavy (non-hydrogen) atoms. The number of carboxylic acid groups (broad SMARTS) is 1. The van der Waals surface area contributed by atoms with Gasteiger partial charge in [0.05, 0.1) is 29.7 Å². The largest absolute Gasteiger partial charge is 0.478 e. The Bertz CT molecular complexity index is 1030. The predicted molar refractivity (Wildman–Crippen MR) is 100 cm³/mol. The van der Waals surface area contributed by atoms with Crippen LogP contribution in [0.25, 0.3) is 5.69 Å². The van der Waals surface area contributed by atoms with E-state index in [1.807, 2.05) is 20.9 Å². The lowest BCUT2D eigenvalue weighted by Crippen LogP contribution is -2.15. The number of rotatable bonds is 5. The van der Waals surface area contributed by atoms with Gasteiger partial charge >= 0.3 is 5.97 Å². The Morgan fingerprint density at radius 1 is 1.19 bits per heavy atom. The first-order valence-corrected chi connectivity index (χ1v) is 8.45. The van der Waals surface area contributed by atoms with Crippen LogP contribution in [0.5, 0.6) is 0 Å². The molecule has 2 heterocycles. The van der Waals surface area contributed by atoms with Crippen molar-refractivity contribution in [3.05, 3.63) is 58.7 Å². The van der Waals surface area contributed by atoms with E-state index in [1.54, 1.807) is 35.9 Å². The number of aromatic carboxylic acids is 1. The van der Waals surface area contributed by atoms with Gasteiger partial charge in [-0.25, -0.2) is 9.48 Å². The lowest BCUT2D eigenvalue weighted by atomic mass is 10.1. The number of nitrogens with zero attached hydrogens (tertiary/aromatic N) is 4. The molecule has 8 nitrogen and oxygen atoms in total. The van der Waals surface area contributed by atoms with E-state index in [0.29, 0.717) is 17.1 Å². The van der Waals surface area contributed by atoms with Crippen molar-refractivity contribution >= 4 is 17.6 Å². The number of carbonyl (C=O) groups excluding carboxylic acids is 1. The van der Waals surface area contributed by atoms with E-state index in [1.165, 1.54) is 10.9 Å². The number of hydrogen-bond donors (Lipinski definition) is 2. The minimum Gasteiger partial charge on any atom is -0.478 e. The number of carboxylic acids is 1. The Labute approximate surface area is 156 Å². The highest BCUT2D eigenvalue weighted by Gasteiger charge is 2.16. The average molecular weight is 367 g/mol. The van der Waals surface area contributed by atoms with Crippen molar-refractivity contribution < 1.29 is 14.7 Å². The highest BCUT2D eigenvalue weighted by molar-refractivity contribution is 5.93. The van der Waals surface area contributed by atoms with Gasteiger partial charge in [-0.3, -0.25) is 9.48 Å². The zero-order valence-corrected chi connectivity index (χ0v) is 15.6. The van der Waals surface area contributed by atoms with Crippen molar-refractivity contribution in [2.24, 2.45) is 7.05 Å². The number of amides is 1. The third-order valence-electron chi connectivity index (χ3n) is 4.61. The molecule has 3 rings (SSSR count). The molecule has 0 unspecified atom stereocenters. The minimum absolute atomic E-state index is 0.144.